The second kappa shape index (κ2) is 5.88. The lowest BCUT2D eigenvalue weighted by Crippen LogP contribution is -2.49. The van der Waals surface area contributed by atoms with Crippen LogP contribution in [0, 0.1) is 46.8 Å². The molecule has 4 fully saturated rings. The molecule has 0 spiro atoms. The molecule has 0 heterocycles. The van der Waals surface area contributed by atoms with Crippen LogP contribution in [0.3, 0.4) is 0 Å². The van der Waals surface area contributed by atoms with Gasteiger partial charge in [-0.25, -0.2) is 0 Å². The van der Waals surface area contributed by atoms with Crippen molar-refractivity contribution in [3.05, 3.63) is 0 Å². The van der Waals surface area contributed by atoms with E-state index in [1.54, 1.807) is 0 Å². The smallest absolute Gasteiger partial charge is 0.133 e. The molecule has 0 saturated heterocycles. The zero-order chi connectivity index (χ0) is 16.2. The van der Waals surface area contributed by atoms with Crippen molar-refractivity contribution in [1.82, 2.24) is 0 Å². The standard InChI is InChI=1S/C22H36O/c1-4-15-5-7-17-16(13-15)6-8-19-18(17)11-12-22(3)20(14(2)23)9-10-21(19)22/h15-21H,4-13H2,1-3H3. The highest BCUT2D eigenvalue weighted by molar-refractivity contribution is 5.79. The van der Waals surface area contributed by atoms with Gasteiger partial charge in [0.2, 0.25) is 0 Å². The summed E-state index contributed by atoms with van der Waals surface area (Å²) in [5.41, 5.74) is 0.348. The summed E-state index contributed by atoms with van der Waals surface area (Å²) in [5, 5.41) is 0. The minimum atomic E-state index is 0.348. The van der Waals surface area contributed by atoms with Crippen LogP contribution in [-0.4, -0.2) is 5.78 Å². The van der Waals surface area contributed by atoms with Crippen molar-refractivity contribution < 1.29 is 4.79 Å². The fourth-order valence-corrected chi connectivity index (χ4v) is 7.99. The van der Waals surface area contributed by atoms with Gasteiger partial charge in [-0.1, -0.05) is 26.7 Å². The summed E-state index contributed by atoms with van der Waals surface area (Å²) in [5.74, 6) is 6.79. The van der Waals surface area contributed by atoms with Crippen molar-refractivity contribution in [2.75, 3.05) is 0 Å². The van der Waals surface area contributed by atoms with Gasteiger partial charge in [0.1, 0.15) is 5.78 Å². The van der Waals surface area contributed by atoms with E-state index in [4.69, 9.17) is 0 Å². The third kappa shape index (κ3) is 2.44. The summed E-state index contributed by atoms with van der Waals surface area (Å²) in [6.07, 6.45) is 14.2. The number of hydrogen-bond donors (Lipinski definition) is 0. The molecule has 4 aliphatic rings. The molecule has 0 aromatic carbocycles. The Balaban J connectivity index is 1.53. The molecule has 0 aromatic heterocycles. The van der Waals surface area contributed by atoms with Crippen LogP contribution in [0.4, 0.5) is 0 Å². The Kier molecular flexibility index (Phi) is 4.13. The molecular weight excluding hydrogens is 280 g/mol. The first-order chi connectivity index (χ1) is 11.0. The van der Waals surface area contributed by atoms with E-state index in [9.17, 15) is 4.79 Å². The molecule has 4 saturated carbocycles. The van der Waals surface area contributed by atoms with Crippen LogP contribution >= 0.6 is 0 Å². The van der Waals surface area contributed by atoms with Gasteiger partial charge in [0.25, 0.3) is 0 Å². The summed E-state index contributed by atoms with van der Waals surface area (Å²) in [6, 6.07) is 0. The van der Waals surface area contributed by atoms with Gasteiger partial charge >= 0.3 is 0 Å². The summed E-state index contributed by atoms with van der Waals surface area (Å²) >= 11 is 0. The van der Waals surface area contributed by atoms with E-state index in [1.165, 1.54) is 64.2 Å². The molecule has 0 aliphatic heterocycles. The maximum atomic E-state index is 12.2. The van der Waals surface area contributed by atoms with Crippen molar-refractivity contribution >= 4 is 5.78 Å². The molecular formula is C22H36O. The lowest BCUT2D eigenvalue weighted by molar-refractivity contribution is -0.128. The third-order valence-electron chi connectivity index (χ3n) is 9.13. The molecule has 1 heteroatoms. The highest BCUT2D eigenvalue weighted by Crippen LogP contribution is 2.64. The summed E-state index contributed by atoms with van der Waals surface area (Å²) in [6.45, 7) is 6.73. The SMILES string of the molecule is CCC1CCC2C(CCC3C2CCC2(C)C(C(C)=O)CCC32)C1. The minimum absolute atomic E-state index is 0.348. The average molecular weight is 317 g/mol. The molecule has 0 N–H and O–H groups in total. The normalized spacial score (nSPS) is 52.4. The summed E-state index contributed by atoms with van der Waals surface area (Å²) < 4.78 is 0. The Hall–Kier alpha value is -0.330. The highest BCUT2D eigenvalue weighted by Gasteiger charge is 2.57. The highest BCUT2D eigenvalue weighted by atomic mass is 16.1. The largest absolute Gasteiger partial charge is 0.300 e. The number of ketones is 1. The van der Waals surface area contributed by atoms with Crippen molar-refractivity contribution in [1.29, 1.82) is 0 Å². The van der Waals surface area contributed by atoms with Gasteiger partial charge in [0, 0.05) is 5.92 Å². The van der Waals surface area contributed by atoms with Crippen molar-refractivity contribution in [2.24, 2.45) is 46.8 Å². The van der Waals surface area contributed by atoms with Crippen LogP contribution in [0.5, 0.6) is 0 Å². The number of rotatable bonds is 2. The minimum Gasteiger partial charge on any atom is -0.300 e. The van der Waals surface area contributed by atoms with Crippen LogP contribution in [0.15, 0.2) is 0 Å². The average Bonchev–Trinajstić information content (AvgIpc) is 2.91. The van der Waals surface area contributed by atoms with E-state index in [0.29, 0.717) is 17.1 Å². The van der Waals surface area contributed by atoms with Gasteiger partial charge in [-0.15, -0.1) is 0 Å². The number of fused-ring (bicyclic) bond motifs is 5. The summed E-state index contributed by atoms with van der Waals surface area (Å²) in [4.78, 5) is 12.2. The molecule has 0 aromatic rings. The quantitative estimate of drug-likeness (QED) is 0.622. The molecule has 130 valence electrons. The fourth-order valence-electron chi connectivity index (χ4n) is 7.99. The Bertz CT molecular complexity index is 469. The number of Topliss-reactive ketones (excluding diaryl/α,β-unsaturated/α-hetero) is 1. The van der Waals surface area contributed by atoms with Crippen molar-refractivity contribution in [3.8, 4) is 0 Å². The summed E-state index contributed by atoms with van der Waals surface area (Å²) in [7, 11) is 0. The number of carbonyl (C=O) groups is 1. The Morgan fingerprint density at radius 2 is 1.74 bits per heavy atom. The van der Waals surface area contributed by atoms with Crippen LogP contribution < -0.4 is 0 Å². The van der Waals surface area contributed by atoms with Gasteiger partial charge in [0.15, 0.2) is 0 Å². The second-order valence-electron chi connectivity index (χ2n) is 9.81. The first-order valence-electron chi connectivity index (χ1n) is 10.5. The molecule has 8 unspecified atom stereocenters. The third-order valence-corrected chi connectivity index (χ3v) is 9.13. The van der Waals surface area contributed by atoms with E-state index in [1.807, 2.05) is 6.92 Å². The number of hydrogen-bond acceptors (Lipinski definition) is 1. The van der Waals surface area contributed by atoms with E-state index in [-0.39, 0.29) is 0 Å². The van der Waals surface area contributed by atoms with E-state index in [0.717, 1.165) is 35.5 Å². The lowest BCUT2D eigenvalue weighted by Gasteiger charge is -2.56. The van der Waals surface area contributed by atoms with E-state index >= 15 is 0 Å². The second-order valence-corrected chi connectivity index (χ2v) is 9.81. The molecule has 0 bridgehead atoms. The first kappa shape index (κ1) is 16.2. The van der Waals surface area contributed by atoms with Gasteiger partial charge < -0.3 is 0 Å². The van der Waals surface area contributed by atoms with Crippen LogP contribution in [0.1, 0.15) is 85.0 Å². The first-order valence-corrected chi connectivity index (χ1v) is 10.5. The predicted octanol–water partition coefficient (Wildman–Crippen LogP) is 5.87. The Labute approximate surface area is 143 Å². The predicted molar refractivity (Wildman–Crippen MR) is 95.1 cm³/mol. The Morgan fingerprint density at radius 3 is 2.48 bits per heavy atom. The number of carbonyl (C=O) groups excluding carboxylic acids is 1. The fraction of sp³-hybridized carbons (Fsp3) is 0.955. The van der Waals surface area contributed by atoms with E-state index in [2.05, 4.69) is 13.8 Å². The molecule has 8 atom stereocenters. The zero-order valence-corrected chi connectivity index (χ0v) is 15.5. The van der Waals surface area contributed by atoms with Crippen molar-refractivity contribution in [3.63, 3.8) is 0 Å². The molecule has 1 nitrogen and oxygen atoms in total. The van der Waals surface area contributed by atoms with Gasteiger partial charge in [-0.05, 0) is 99.2 Å². The topological polar surface area (TPSA) is 17.1 Å². The zero-order valence-electron chi connectivity index (χ0n) is 15.5. The molecule has 4 rings (SSSR count). The maximum absolute atomic E-state index is 12.2. The van der Waals surface area contributed by atoms with E-state index < -0.39 is 0 Å². The van der Waals surface area contributed by atoms with Crippen LogP contribution in [0.25, 0.3) is 0 Å². The van der Waals surface area contributed by atoms with Gasteiger partial charge in [-0.3, -0.25) is 4.79 Å². The Morgan fingerprint density at radius 1 is 0.957 bits per heavy atom. The maximum Gasteiger partial charge on any atom is 0.133 e. The van der Waals surface area contributed by atoms with Crippen LogP contribution in [-0.2, 0) is 4.79 Å². The van der Waals surface area contributed by atoms with Gasteiger partial charge in [-0.2, -0.15) is 0 Å². The lowest BCUT2D eigenvalue weighted by atomic mass is 9.49. The van der Waals surface area contributed by atoms with Gasteiger partial charge in [0.05, 0.1) is 0 Å². The molecule has 0 radical (unpaired) electrons. The molecule has 4 aliphatic carbocycles. The molecule has 23 heavy (non-hydrogen) atoms. The van der Waals surface area contributed by atoms with Crippen LogP contribution in [0.2, 0.25) is 0 Å². The monoisotopic (exact) mass is 316 g/mol. The molecule has 0 amide bonds. The van der Waals surface area contributed by atoms with Crippen molar-refractivity contribution in [2.45, 2.75) is 85.0 Å².